The van der Waals surface area contributed by atoms with E-state index in [-0.39, 0.29) is 24.0 Å². The molecule has 8 nitrogen and oxygen atoms in total. The van der Waals surface area contributed by atoms with Crippen LogP contribution in [0.4, 0.5) is 16.2 Å². The Labute approximate surface area is 164 Å². The van der Waals surface area contributed by atoms with Crippen LogP contribution in [0.3, 0.4) is 0 Å². The zero-order valence-corrected chi connectivity index (χ0v) is 15.8. The third kappa shape index (κ3) is 5.69. The molecule has 8 heteroatoms. The molecule has 1 aliphatic heterocycles. The first-order valence-corrected chi connectivity index (χ1v) is 9.81. The van der Waals surface area contributed by atoms with Gasteiger partial charge in [0, 0.05) is 30.4 Å². The minimum absolute atomic E-state index is 0.0869. The van der Waals surface area contributed by atoms with Gasteiger partial charge >= 0.3 is 12.0 Å². The zero-order valence-electron chi connectivity index (χ0n) is 15.8. The number of amides is 3. The molecule has 0 radical (unpaired) electrons. The van der Waals surface area contributed by atoms with Crippen LogP contribution in [-0.4, -0.2) is 42.3 Å². The summed E-state index contributed by atoms with van der Waals surface area (Å²) in [6.45, 7) is 1.23. The maximum Gasteiger partial charge on any atom is 0.319 e. The van der Waals surface area contributed by atoms with E-state index < -0.39 is 11.9 Å². The number of aliphatic carboxylic acids is 1. The molecule has 28 heavy (non-hydrogen) atoms. The second-order valence-electron chi connectivity index (χ2n) is 7.44. The Balaban J connectivity index is 1.45. The lowest BCUT2D eigenvalue weighted by molar-refractivity contribution is -0.143. The first-order chi connectivity index (χ1) is 13.5. The molecule has 0 spiro atoms. The van der Waals surface area contributed by atoms with Gasteiger partial charge in [-0.3, -0.25) is 9.59 Å². The molecular weight excluding hydrogens is 362 g/mol. The largest absolute Gasteiger partial charge is 0.481 e. The molecule has 1 aromatic rings. The maximum atomic E-state index is 12.4. The second-order valence-corrected chi connectivity index (χ2v) is 7.44. The average molecular weight is 389 g/mol. The third-order valence-corrected chi connectivity index (χ3v) is 5.32. The van der Waals surface area contributed by atoms with Crippen molar-refractivity contribution in [3.63, 3.8) is 0 Å². The van der Waals surface area contributed by atoms with Crippen LogP contribution in [0.5, 0.6) is 0 Å². The quantitative estimate of drug-likeness (QED) is 0.597. The fourth-order valence-electron chi connectivity index (χ4n) is 3.72. The first kappa shape index (κ1) is 20.1. The molecule has 2 fully saturated rings. The third-order valence-electron chi connectivity index (χ3n) is 5.32. The number of carbonyl (C=O) groups excluding carboxylic acids is 2. The summed E-state index contributed by atoms with van der Waals surface area (Å²) in [4.78, 5) is 35.5. The molecule has 3 atom stereocenters. The van der Waals surface area contributed by atoms with Gasteiger partial charge in [-0.1, -0.05) is 6.42 Å². The Kier molecular flexibility index (Phi) is 6.86. The van der Waals surface area contributed by atoms with Crippen LogP contribution in [0.25, 0.3) is 0 Å². The minimum Gasteiger partial charge on any atom is -0.481 e. The van der Waals surface area contributed by atoms with Crippen molar-refractivity contribution in [3.8, 4) is 0 Å². The number of hydrogen-bond acceptors (Lipinski definition) is 4. The Morgan fingerprint density at radius 3 is 2.29 bits per heavy atom. The van der Waals surface area contributed by atoms with Crippen LogP contribution in [0.2, 0.25) is 0 Å². The topological polar surface area (TPSA) is 117 Å². The number of ether oxygens (including phenoxy) is 1. The van der Waals surface area contributed by atoms with Gasteiger partial charge in [0.15, 0.2) is 0 Å². The van der Waals surface area contributed by atoms with Crippen molar-refractivity contribution in [3.05, 3.63) is 24.3 Å². The second kappa shape index (κ2) is 9.54. The van der Waals surface area contributed by atoms with Gasteiger partial charge in [-0.25, -0.2) is 4.79 Å². The molecule has 2 aliphatic rings. The molecule has 1 aromatic carbocycles. The smallest absolute Gasteiger partial charge is 0.319 e. The van der Waals surface area contributed by atoms with E-state index in [4.69, 9.17) is 9.84 Å². The van der Waals surface area contributed by atoms with Crippen molar-refractivity contribution >= 4 is 29.3 Å². The lowest BCUT2D eigenvalue weighted by atomic mass is 9.81. The zero-order chi connectivity index (χ0) is 19.9. The van der Waals surface area contributed by atoms with Crippen molar-refractivity contribution in [2.45, 2.75) is 44.6 Å². The van der Waals surface area contributed by atoms with Crippen LogP contribution in [0.15, 0.2) is 24.3 Å². The van der Waals surface area contributed by atoms with E-state index in [2.05, 4.69) is 16.0 Å². The van der Waals surface area contributed by atoms with Crippen LogP contribution in [0, 0.1) is 11.8 Å². The van der Waals surface area contributed by atoms with Gasteiger partial charge in [-0.05, 0) is 56.4 Å². The summed E-state index contributed by atoms with van der Waals surface area (Å²) in [6.07, 6.45) is 4.55. The average Bonchev–Trinajstić information content (AvgIpc) is 3.21. The molecule has 1 heterocycles. The van der Waals surface area contributed by atoms with E-state index in [1.807, 2.05) is 0 Å². The molecule has 4 N–H and O–H groups in total. The molecule has 1 aliphatic carbocycles. The number of nitrogens with one attached hydrogen (secondary N) is 3. The normalized spacial score (nSPS) is 24.4. The lowest BCUT2D eigenvalue weighted by Crippen LogP contribution is -2.35. The number of carboxylic acids is 1. The fourth-order valence-corrected chi connectivity index (χ4v) is 3.72. The van der Waals surface area contributed by atoms with Crippen LogP contribution in [0.1, 0.15) is 38.5 Å². The molecule has 0 bridgehead atoms. The van der Waals surface area contributed by atoms with E-state index in [9.17, 15) is 14.4 Å². The Bertz CT molecular complexity index is 700. The van der Waals surface area contributed by atoms with E-state index in [1.165, 1.54) is 0 Å². The molecule has 3 unspecified atom stereocenters. The van der Waals surface area contributed by atoms with Gasteiger partial charge in [-0.2, -0.15) is 0 Å². The number of carboxylic acid groups (broad SMARTS) is 1. The van der Waals surface area contributed by atoms with Gasteiger partial charge in [0.25, 0.3) is 0 Å². The minimum atomic E-state index is -0.828. The van der Waals surface area contributed by atoms with Crippen LogP contribution < -0.4 is 16.0 Å². The maximum absolute atomic E-state index is 12.4. The highest BCUT2D eigenvalue weighted by Crippen LogP contribution is 2.30. The van der Waals surface area contributed by atoms with Gasteiger partial charge in [0.2, 0.25) is 5.91 Å². The molecule has 0 aromatic heterocycles. The highest BCUT2D eigenvalue weighted by Gasteiger charge is 2.31. The molecule has 3 rings (SSSR count). The molecule has 1 saturated heterocycles. The SMILES string of the molecule is O=C(NCC1CCCO1)Nc1ccc(NC(=O)C2CCCC(C(=O)O)C2)cc1. The van der Waals surface area contributed by atoms with E-state index in [0.717, 1.165) is 25.9 Å². The number of benzene rings is 1. The summed E-state index contributed by atoms with van der Waals surface area (Å²) in [5, 5.41) is 17.5. The lowest BCUT2D eigenvalue weighted by Gasteiger charge is -2.25. The standard InChI is InChI=1S/C20H27N3O5/c24-18(13-3-1-4-14(11-13)19(25)26)22-15-6-8-16(9-7-15)23-20(27)21-12-17-5-2-10-28-17/h6-9,13-14,17H,1-5,10-12H2,(H,22,24)(H,25,26)(H2,21,23,27). The number of anilines is 2. The summed E-state index contributed by atoms with van der Waals surface area (Å²) in [7, 11) is 0. The fraction of sp³-hybridized carbons (Fsp3) is 0.550. The predicted molar refractivity (Wildman–Crippen MR) is 104 cm³/mol. The summed E-state index contributed by atoms with van der Waals surface area (Å²) < 4.78 is 5.46. The van der Waals surface area contributed by atoms with Gasteiger partial charge in [-0.15, -0.1) is 0 Å². The van der Waals surface area contributed by atoms with Crippen LogP contribution >= 0.6 is 0 Å². The summed E-state index contributed by atoms with van der Waals surface area (Å²) in [6, 6.07) is 6.55. The Morgan fingerprint density at radius 1 is 0.964 bits per heavy atom. The molecular formula is C20H27N3O5. The predicted octanol–water partition coefficient (Wildman–Crippen LogP) is 2.82. The summed E-state index contributed by atoms with van der Waals surface area (Å²) in [5.41, 5.74) is 1.24. The summed E-state index contributed by atoms with van der Waals surface area (Å²) in [5.74, 6) is -1.70. The van der Waals surface area contributed by atoms with Gasteiger partial charge in [0.05, 0.1) is 12.0 Å². The monoisotopic (exact) mass is 389 g/mol. The number of carbonyl (C=O) groups is 3. The van der Waals surface area contributed by atoms with Crippen LogP contribution in [-0.2, 0) is 14.3 Å². The molecule has 152 valence electrons. The number of hydrogen-bond donors (Lipinski definition) is 4. The van der Waals surface area contributed by atoms with Gasteiger partial charge < -0.3 is 25.8 Å². The first-order valence-electron chi connectivity index (χ1n) is 9.81. The number of rotatable bonds is 6. The Morgan fingerprint density at radius 2 is 1.64 bits per heavy atom. The van der Waals surface area contributed by atoms with E-state index in [0.29, 0.717) is 37.2 Å². The molecule has 3 amide bonds. The molecule has 1 saturated carbocycles. The van der Waals surface area contributed by atoms with Crippen molar-refractivity contribution in [2.24, 2.45) is 11.8 Å². The van der Waals surface area contributed by atoms with Gasteiger partial charge in [0.1, 0.15) is 0 Å². The van der Waals surface area contributed by atoms with E-state index in [1.54, 1.807) is 24.3 Å². The van der Waals surface area contributed by atoms with Crippen molar-refractivity contribution < 1.29 is 24.2 Å². The number of urea groups is 1. The van der Waals surface area contributed by atoms with Crippen molar-refractivity contribution in [2.75, 3.05) is 23.8 Å². The Hall–Kier alpha value is -2.61. The highest BCUT2D eigenvalue weighted by atomic mass is 16.5. The van der Waals surface area contributed by atoms with Crippen molar-refractivity contribution in [1.82, 2.24) is 5.32 Å². The highest BCUT2D eigenvalue weighted by molar-refractivity contribution is 5.94. The summed E-state index contributed by atoms with van der Waals surface area (Å²) >= 11 is 0. The van der Waals surface area contributed by atoms with Crippen molar-refractivity contribution in [1.29, 1.82) is 0 Å². The van der Waals surface area contributed by atoms with E-state index >= 15 is 0 Å².